The van der Waals surface area contributed by atoms with Crippen LogP contribution in [-0.2, 0) is 0 Å². The topological polar surface area (TPSA) is 44.9 Å². The van der Waals surface area contributed by atoms with Gasteiger partial charge in [-0.15, -0.1) is 0 Å². The maximum absolute atomic E-state index is 14.4. The second kappa shape index (κ2) is 5.42. The molecule has 2 aliphatic heterocycles. The number of nitrogens with one attached hydrogen (secondary N) is 1. The molecule has 0 unspecified atom stereocenters. The lowest BCUT2D eigenvalue weighted by Crippen LogP contribution is -2.57. The highest BCUT2D eigenvalue weighted by atomic mass is 19.3. The van der Waals surface area contributed by atoms with Crippen LogP contribution in [-0.4, -0.2) is 52.1 Å². The van der Waals surface area contributed by atoms with Crippen LogP contribution in [0.4, 0.5) is 8.78 Å². The Balaban J connectivity index is 1.76. The van der Waals surface area contributed by atoms with Crippen molar-refractivity contribution in [1.29, 1.82) is 0 Å². The Labute approximate surface area is 132 Å². The van der Waals surface area contributed by atoms with E-state index in [-0.39, 0.29) is 13.0 Å². The highest BCUT2D eigenvalue weighted by Crippen LogP contribution is 2.34. The number of pyridine rings is 1. The first kappa shape index (κ1) is 14.3. The molecule has 1 fully saturated rings. The van der Waals surface area contributed by atoms with E-state index in [1.807, 2.05) is 28.8 Å². The van der Waals surface area contributed by atoms with Crippen molar-refractivity contribution in [3.8, 4) is 0 Å². The third-order valence-electron chi connectivity index (χ3n) is 4.41. The summed E-state index contributed by atoms with van der Waals surface area (Å²) < 4.78 is 30.7. The van der Waals surface area contributed by atoms with Crippen LogP contribution in [0.15, 0.2) is 41.8 Å². The molecule has 0 bridgehead atoms. The largest absolute Gasteiger partial charge is 0.353 e. The van der Waals surface area contributed by atoms with E-state index in [0.717, 1.165) is 11.3 Å². The molecule has 4 rings (SSSR count). The number of aliphatic imine (C=N–C) groups is 1. The average Bonchev–Trinajstić information content (AvgIpc) is 2.98. The zero-order chi connectivity index (χ0) is 15.9. The predicted octanol–water partition coefficient (Wildman–Crippen LogP) is 2.02. The lowest BCUT2D eigenvalue weighted by Gasteiger charge is -2.42. The van der Waals surface area contributed by atoms with Gasteiger partial charge in [-0.1, -0.05) is 6.07 Å². The zero-order valence-corrected chi connectivity index (χ0v) is 12.5. The van der Waals surface area contributed by atoms with E-state index in [1.165, 1.54) is 0 Å². The molecule has 1 atom stereocenters. The molecule has 2 aromatic rings. The predicted molar refractivity (Wildman–Crippen MR) is 84.6 cm³/mol. The molecule has 0 radical (unpaired) electrons. The van der Waals surface area contributed by atoms with Gasteiger partial charge in [-0.2, -0.15) is 0 Å². The molecule has 4 heterocycles. The Morgan fingerprint density at radius 2 is 2.22 bits per heavy atom. The van der Waals surface area contributed by atoms with Crippen LogP contribution in [0.2, 0.25) is 0 Å². The maximum Gasteiger partial charge on any atom is 0.270 e. The molecule has 2 aliphatic rings. The molecule has 7 heteroatoms. The fourth-order valence-corrected chi connectivity index (χ4v) is 3.21. The number of nitrogens with zero attached hydrogens (tertiary/aromatic N) is 4. The Morgan fingerprint density at radius 1 is 1.30 bits per heavy atom. The third kappa shape index (κ3) is 2.41. The summed E-state index contributed by atoms with van der Waals surface area (Å²) in [6.07, 6.45) is 6.75. The molecule has 0 spiro atoms. The molecule has 120 valence electrons. The summed E-state index contributed by atoms with van der Waals surface area (Å²) in [6.45, 7) is 0.975. The number of hydrogen-bond acceptors (Lipinski definition) is 4. The fourth-order valence-electron chi connectivity index (χ4n) is 3.21. The van der Waals surface area contributed by atoms with E-state index in [4.69, 9.17) is 0 Å². The number of rotatable bonds is 2. The minimum Gasteiger partial charge on any atom is -0.353 e. The first-order valence-electron chi connectivity index (χ1n) is 7.66. The summed E-state index contributed by atoms with van der Waals surface area (Å²) in [5.74, 6) is -2.73. The minimum absolute atomic E-state index is 0.147. The van der Waals surface area contributed by atoms with Crippen molar-refractivity contribution in [2.75, 3.05) is 19.6 Å². The van der Waals surface area contributed by atoms with Gasteiger partial charge in [-0.3, -0.25) is 9.39 Å². The summed E-state index contributed by atoms with van der Waals surface area (Å²) in [6, 6.07) is 4.79. The van der Waals surface area contributed by atoms with E-state index in [2.05, 4.69) is 15.3 Å². The van der Waals surface area contributed by atoms with Crippen molar-refractivity contribution < 1.29 is 8.78 Å². The van der Waals surface area contributed by atoms with E-state index in [1.54, 1.807) is 23.5 Å². The number of fused-ring (bicyclic) bond motifs is 1. The number of aromatic nitrogens is 2. The number of alkyl halides is 2. The molecular formula is C16H17F2N5. The van der Waals surface area contributed by atoms with Crippen LogP contribution in [0.3, 0.4) is 0 Å². The molecule has 2 aromatic heterocycles. The summed E-state index contributed by atoms with van der Waals surface area (Å²) in [5, 5.41) is 3.07. The lowest BCUT2D eigenvalue weighted by molar-refractivity contribution is -0.0822. The van der Waals surface area contributed by atoms with Gasteiger partial charge in [0, 0.05) is 31.9 Å². The molecule has 0 saturated carbocycles. The van der Waals surface area contributed by atoms with Crippen molar-refractivity contribution in [2.24, 2.45) is 4.99 Å². The van der Waals surface area contributed by atoms with Crippen LogP contribution in [0.5, 0.6) is 0 Å². The van der Waals surface area contributed by atoms with Gasteiger partial charge in [0.1, 0.15) is 11.7 Å². The second-order valence-corrected chi connectivity index (χ2v) is 5.80. The van der Waals surface area contributed by atoms with Crippen molar-refractivity contribution in [1.82, 2.24) is 19.6 Å². The Morgan fingerprint density at radius 3 is 3.09 bits per heavy atom. The first-order valence-corrected chi connectivity index (χ1v) is 7.66. The normalized spacial score (nSPS) is 24.0. The Hall–Kier alpha value is -2.28. The van der Waals surface area contributed by atoms with E-state index < -0.39 is 12.0 Å². The summed E-state index contributed by atoms with van der Waals surface area (Å²) in [4.78, 5) is 10.3. The number of halogens is 2. The average molecular weight is 317 g/mol. The van der Waals surface area contributed by atoms with Gasteiger partial charge in [0.25, 0.3) is 5.92 Å². The number of imidazole rings is 1. The van der Waals surface area contributed by atoms with Gasteiger partial charge < -0.3 is 10.2 Å². The van der Waals surface area contributed by atoms with E-state index in [9.17, 15) is 8.78 Å². The summed E-state index contributed by atoms with van der Waals surface area (Å²) >= 11 is 0. The molecular weight excluding hydrogens is 300 g/mol. The van der Waals surface area contributed by atoms with Gasteiger partial charge >= 0.3 is 0 Å². The summed E-state index contributed by atoms with van der Waals surface area (Å²) in [5.41, 5.74) is 2.24. The van der Waals surface area contributed by atoms with E-state index in [0.29, 0.717) is 18.8 Å². The second-order valence-electron chi connectivity index (χ2n) is 5.80. The molecule has 0 aromatic carbocycles. The van der Waals surface area contributed by atoms with Gasteiger partial charge in [-0.05, 0) is 12.1 Å². The maximum atomic E-state index is 14.4. The molecule has 1 saturated heterocycles. The monoisotopic (exact) mass is 317 g/mol. The Kier molecular flexibility index (Phi) is 3.37. The van der Waals surface area contributed by atoms with Crippen molar-refractivity contribution in [3.63, 3.8) is 0 Å². The van der Waals surface area contributed by atoms with Crippen LogP contribution >= 0.6 is 0 Å². The van der Waals surface area contributed by atoms with Crippen LogP contribution in [0, 0.1) is 0 Å². The summed E-state index contributed by atoms with van der Waals surface area (Å²) in [7, 11) is 0. The lowest BCUT2D eigenvalue weighted by atomic mass is 9.99. The molecule has 1 N–H and O–H groups in total. The van der Waals surface area contributed by atoms with Crippen molar-refractivity contribution in [2.45, 2.75) is 18.4 Å². The number of piperidine rings is 1. The van der Waals surface area contributed by atoms with Crippen LogP contribution < -0.4 is 5.32 Å². The molecule has 5 nitrogen and oxygen atoms in total. The Bertz CT molecular complexity index is 780. The van der Waals surface area contributed by atoms with Gasteiger partial charge in [-0.25, -0.2) is 13.8 Å². The zero-order valence-electron chi connectivity index (χ0n) is 12.5. The molecule has 0 aliphatic carbocycles. The minimum atomic E-state index is -2.73. The van der Waals surface area contributed by atoms with E-state index >= 15 is 0 Å². The van der Waals surface area contributed by atoms with Gasteiger partial charge in [0.2, 0.25) is 0 Å². The number of hydrogen-bond donors (Lipinski definition) is 1. The van der Waals surface area contributed by atoms with Crippen molar-refractivity contribution >= 4 is 17.6 Å². The smallest absolute Gasteiger partial charge is 0.270 e. The SMILES string of the molecule is FC1(F)CCNC[C@@H]1N1CC=NC=C1c1cnc2ccccn12. The molecule has 0 amide bonds. The standard InChI is InChI=1S/C16H17F2N5/c17-16(18)4-5-19-11-14(16)22-8-6-20-9-12(22)13-10-21-15-3-1-2-7-23(13)15/h1-3,6-7,9-10,14,19H,4-5,8,11H2/t14-/m0/s1. The molecule has 23 heavy (non-hydrogen) atoms. The van der Waals surface area contributed by atoms with Gasteiger partial charge in [0.15, 0.2) is 0 Å². The van der Waals surface area contributed by atoms with Gasteiger partial charge in [0.05, 0.1) is 30.3 Å². The highest BCUT2D eigenvalue weighted by Gasteiger charge is 2.46. The third-order valence-corrected chi connectivity index (χ3v) is 4.41. The van der Waals surface area contributed by atoms with Crippen molar-refractivity contribution in [3.05, 3.63) is 42.5 Å². The first-order chi connectivity index (χ1) is 11.2. The van der Waals surface area contributed by atoms with Crippen LogP contribution in [0.25, 0.3) is 11.3 Å². The fraction of sp³-hybridized carbons (Fsp3) is 0.375. The quantitative estimate of drug-likeness (QED) is 0.922. The highest BCUT2D eigenvalue weighted by molar-refractivity contribution is 5.74. The van der Waals surface area contributed by atoms with Crippen LogP contribution in [0.1, 0.15) is 12.1 Å².